The van der Waals surface area contributed by atoms with Gasteiger partial charge in [-0.2, -0.15) is 5.10 Å². The predicted molar refractivity (Wildman–Crippen MR) is 106 cm³/mol. The Labute approximate surface area is 172 Å². The Bertz CT molecular complexity index is 866. The van der Waals surface area contributed by atoms with Gasteiger partial charge in [-0.25, -0.2) is 5.43 Å². The number of para-hydroxylation sites is 1. The van der Waals surface area contributed by atoms with Crippen molar-refractivity contribution in [3.05, 3.63) is 59.4 Å². The molecule has 0 heterocycles. The van der Waals surface area contributed by atoms with Gasteiger partial charge in [0.05, 0.1) is 20.1 Å². The van der Waals surface area contributed by atoms with Gasteiger partial charge in [0.25, 0.3) is 5.91 Å². The summed E-state index contributed by atoms with van der Waals surface area (Å²) in [5.41, 5.74) is 1.86. The summed E-state index contributed by atoms with van der Waals surface area (Å²) in [6, 6.07) is 7.51. The second kappa shape index (κ2) is 9.10. The number of halogens is 3. The molecule has 0 saturated carbocycles. The van der Waals surface area contributed by atoms with Gasteiger partial charge >= 0.3 is 5.69 Å². The van der Waals surface area contributed by atoms with Crippen molar-refractivity contribution in [1.82, 2.24) is 5.43 Å². The number of nitro benzene ring substituents is 1. The maximum absolute atomic E-state index is 11.8. The van der Waals surface area contributed by atoms with Crippen molar-refractivity contribution in [2.75, 3.05) is 6.61 Å². The molecule has 1 amide bonds. The van der Waals surface area contributed by atoms with Gasteiger partial charge in [0, 0.05) is 16.1 Å². The summed E-state index contributed by atoms with van der Waals surface area (Å²) in [5.74, 6) is -0.633. The Hall–Kier alpha value is -1.98. The van der Waals surface area contributed by atoms with E-state index < -0.39 is 22.3 Å². The molecule has 0 radical (unpaired) electrons. The normalized spacial score (nSPS) is 10.7. The van der Waals surface area contributed by atoms with Crippen LogP contribution in [-0.2, 0) is 4.79 Å². The number of hydrazone groups is 1. The van der Waals surface area contributed by atoms with Gasteiger partial charge in [-0.15, -0.1) is 0 Å². The maximum atomic E-state index is 11.8. The highest BCUT2D eigenvalue weighted by Crippen LogP contribution is 2.36. The van der Waals surface area contributed by atoms with Crippen LogP contribution in [0.4, 0.5) is 5.69 Å². The lowest BCUT2D eigenvalue weighted by atomic mass is 10.2. The number of amides is 1. The number of hydrogen-bond acceptors (Lipinski definition) is 6. The van der Waals surface area contributed by atoms with Gasteiger partial charge in [0.15, 0.2) is 6.61 Å². The highest BCUT2D eigenvalue weighted by molar-refractivity contribution is 9.11. The topological polar surface area (TPSA) is 114 Å². The van der Waals surface area contributed by atoms with Crippen LogP contribution >= 0.6 is 47.8 Å². The van der Waals surface area contributed by atoms with Gasteiger partial charge in [-0.3, -0.25) is 14.9 Å². The zero-order chi connectivity index (χ0) is 19.3. The van der Waals surface area contributed by atoms with Crippen LogP contribution in [0.1, 0.15) is 5.56 Å². The predicted octanol–water partition coefficient (Wildman–Crippen LogP) is 4.12. The first kappa shape index (κ1) is 20.3. The molecule has 0 unspecified atom stereocenters. The van der Waals surface area contributed by atoms with Gasteiger partial charge in [0.1, 0.15) is 5.75 Å². The van der Waals surface area contributed by atoms with E-state index in [4.69, 9.17) is 4.74 Å². The Balaban J connectivity index is 1.97. The number of nitro groups is 1. The van der Waals surface area contributed by atoms with Crippen LogP contribution in [0.3, 0.4) is 0 Å². The molecule has 0 fully saturated rings. The third-order valence-corrected chi connectivity index (χ3v) is 4.58. The number of phenols is 1. The van der Waals surface area contributed by atoms with Crippen LogP contribution < -0.4 is 10.2 Å². The molecule has 0 aliphatic carbocycles. The molecular weight excluding hydrogens is 542 g/mol. The van der Waals surface area contributed by atoms with E-state index >= 15 is 0 Å². The lowest BCUT2D eigenvalue weighted by Gasteiger charge is -2.09. The lowest BCUT2D eigenvalue weighted by Crippen LogP contribution is -2.24. The molecular formula is C15H10Br3N3O5. The van der Waals surface area contributed by atoms with Gasteiger partial charge in [-0.05, 0) is 50.1 Å². The SMILES string of the molecule is O=C(COc1c(Br)cc(Br)cc1Br)N/N=C\c1cccc([N+](=O)[O-])c1O. The number of nitrogens with one attached hydrogen (secondary N) is 1. The first-order valence-corrected chi connectivity index (χ1v) is 9.23. The van der Waals surface area contributed by atoms with Crippen LogP contribution in [0.25, 0.3) is 0 Å². The number of nitrogens with zero attached hydrogens (tertiary/aromatic N) is 2. The molecule has 26 heavy (non-hydrogen) atoms. The van der Waals surface area contributed by atoms with Gasteiger partial charge < -0.3 is 9.84 Å². The molecule has 2 N–H and O–H groups in total. The molecule has 0 aliphatic heterocycles. The molecule has 2 aromatic rings. The molecule has 0 saturated heterocycles. The Morgan fingerprint density at radius 1 is 1.31 bits per heavy atom. The standard InChI is InChI=1S/C15H10Br3N3O5/c16-9-4-10(17)15(11(18)5-9)26-7-13(22)20-19-6-8-2-1-3-12(14(8)23)21(24)25/h1-6,23H,7H2,(H,20,22)/b19-6-. The molecule has 136 valence electrons. The molecule has 0 bridgehead atoms. The summed E-state index contributed by atoms with van der Waals surface area (Å²) in [5, 5.41) is 24.2. The third-order valence-electron chi connectivity index (χ3n) is 2.95. The molecule has 8 nitrogen and oxygen atoms in total. The quantitative estimate of drug-likeness (QED) is 0.318. The van der Waals surface area contributed by atoms with Crippen molar-refractivity contribution in [3.8, 4) is 11.5 Å². The Kier molecular flexibility index (Phi) is 7.12. The number of carbonyl (C=O) groups excluding carboxylic acids is 1. The molecule has 0 atom stereocenters. The smallest absolute Gasteiger partial charge is 0.311 e. The minimum absolute atomic E-state index is 0.0961. The summed E-state index contributed by atoms with van der Waals surface area (Å²) >= 11 is 9.98. The number of rotatable bonds is 6. The molecule has 2 aromatic carbocycles. The average Bonchev–Trinajstić information content (AvgIpc) is 2.55. The largest absolute Gasteiger partial charge is 0.502 e. The second-order valence-corrected chi connectivity index (χ2v) is 7.38. The van der Waals surface area contributed by atoms with E-state index in [0.29, 0.717) is 14.7 Å². The maximum Gasteiger partial charge on any atom is 0.311 e. The first-order chi connectivity index (χ1) is 12.3. The minimum atomic E-state index is -0.715. The van der Waals surface area contributed by atoms with Crippen LogP contribution in [0, 0.1) is 10.1 Å². The first-order valence-electron chi connectivity index (χ1n) is 6.85. The molecule has 11 heteroatoms. The number of hydrogen-bond donors (Lipinski definition) is 2. The summed E-state index contributed by atoms with van der Waals surface area (Å²) in [6.45, 7) is -0.308. The van der Waals surface area contributed by atoms with Crippen molar-refractivity contribution in [2.45, 2.75) is 0 Å². The minimum Gasteiger partial charge on any atom is -0.502 e. The van der Waals surface area contributed by atoms with Crippen molar-refractivity contribution in [1.29, 1.82) is 0 Å². The van der Waals surface area contributed by atoms with Gasteiger partial charge in [0.2, 0.25) is 5.75 Å². The van der Waals surface area contributed by atoms with E-state index in [0.717, 1.165) is 16.8 Å². The number of aromatic hydroxyl groups is 1. The van der Waals surface area contributed by atoms with Crippen molar-refractivity contribution < 1.29 is 19.6 Å². The van der Waals surface area contributed by atoms with Crippen LogP contribution in [-0.4, -0.2) is 28.8 Å². The van der Waals surface area contributed by atoms with Gasteiger partial charge in [-0.1, -0.05) is 22.0 Å². The number of ether oxygens (including phenoxy) is 1. The summed E-state index contributed by atoms with van der Waals surface area (Å²) in [6.07, 6.45) is 1.10. The van der Waals surface area contributed by atoms with Crippen molar-refractivity contribution in [3.63, 3.8) is 0 Å². The fourth-order valence-corrected chi connectivity index (χ4v) is 4.30. The molecule has 0 aromatic heterocycles. The van der Waals surface area contributed by atoms with E-state index in [9.17, 15) is 20.0 Å². The number of phenolic OH excluding ortho intramolecular Hbond substituents is 1. The second-order valence-electron chi connectivity index (χ2n) is 4.75. The number of carbonyl (C=O) groups is 1. The molecule has 0 spiro atoms. The average molecular weight is 552 g/mol. The highest BCUT2D eigenvalue weighted by Gasteiger charge is 2.15. The zero-order valence-corrected chi connectivity index (χ0v) is 17.5. The highest BCUT2D eigenvalue weighted by atomic mass is 79.9. The monoisotopic (exact) mass is 549 g/mol. The molecule has 2 rings (SSSR count). The van der Waals surface area contributed by atoms with E-state index in [-0.39, 0.29) is 12.2 Å². The Morgan fingerprint density at radius 3 is 2.58 bits per heavy atom. The van der Waals surface area contributed by atoms with Crippen molar-refractivity contribution in [2.24, 2.45) is 5.10 Å². The summed E-state index contributed by atoms with van der Waals surface area (Å²) in [4.78, 5) is 21.8. The van der Waals surface area contributed by atoms with E-state index in [1.165, 1.54) is 12.1 Å². The van der Waals surface area contributed by atoms with Crippen molar-refractivity contribution >= 4 is 65.6 Å². The summed E-state index contributed by atoms with van der Waals surface area (Å²) < 4.78 is 7.55. The van der Waals surface area contributed by atoms with E-state index in [1.807, 2.05) is 0 Å². The van der Waals surface area contributed by atoms with Crippen LogP contribution in [0.5, 0.6) is 11.5 Å². The zero-order valence-electron chi connectivity index (χ0n) is 12.8. The Morgan fingerprint density at radius 2 is 1.96 bits per heavy atom. The third kappa shape index (κ3) is 5.26. The van der Waals surface area contributed by atoms with Crippen LogP contribution in [0.15, 0.2) is 48.9 Å². The van der Waals surface area contributed by atoms with E-state index in [1.54, 1.807) is 12.1 Å². The van der Waals surface area contributed by atoms with E-state index in [2.05, 4.69) is 58.3 Å². The summed E-state index contributed by atoms with van der Waals surface area (Å²) in [7, 11) is 0. The molecule has 0 aliphatic rings. The lowest BCUT2D eigenvalue weighted by molar-refractivity contribution is -0.385. The fraction of sp³-hybridized carbons (Fsp3) is 0.0667. The van der Waals surface area contributed by atoms with Crippen LogP contribution in [0.2, 0.25) is 0 Å². The number of benzene rings is 2. The fourth-order valence-electron chi connectivity index (χ4n) is 1.81.